The molecule has 0 aliphatic carbocycles. The van der Waals surface area contributed by atoms with Crippen molar-refractivity contribution < 1.29 is 22.7 Å². The normalized spacial score (nSPS) is 17.0. The van der Waals surface area contributed by atoms with Crippen molar-refractivity contribution in [2.45, 2.75) is 10.6 Å². The highest BCUT2D eigenvalue weighted by Gasteiger charge is 2.37. The molecule has 0 N–H and O–H groups in total. The first-order valence-corrected chi connectivity index (χ1v) is 11.6. The maximum Gasteiger partial charge on any atom is 0.274 e. The third kappa shape index (κ3) is 3.30. The van der Waals surface area contributed by atoms with Crippen LogP contribution in [0.4, 0.5) is 0 Å². The fourth-order valence-electron chi connectivity index (χ4n) is 4.06. The molecule has 0 radical (unpaired) electrons. The van der Waals surface area contributed by atoms with Gasteiger partial charge in [-0.2, -0.15) is 5.10 Å². The largest absolute Gasteiger partial charge is 0.497 e. The summed E-state index contributed by atoms with van der Waals surface area (Å²) in [5.41, 5.74) is 2.50. The summed E-state index contributed by atoms with van der Waals surface area (Å²) in [5, 5.41) is 4.64. The first-order valence-electron chi connectivity index (χ1n) is 9.95. The van der Waals surface area contributed by atoms with Crippen LogP contribution in [0.1, 0.15) is 16.1 Å². The van der Waals surface area contributed by atoms with E-state index in [9.17, 15) is 13.2 Å². The summed E-state index contributed by atoms with van der Waals surface area (Å²) in [4.78, 5) is 15.2. The lowest BCUT2D eigenvalue weighted by atomic mass is 10.0. The average Bonchev–Trinajstić information content (AvgIpc) is 3.18. The van der Waals surface area contributed by atoms with Crippen molar-refractivity contribution in [1.82, 2.24) is 14.7 Å². The van der Waals surface area contributed by atoms with Gasteiger partial charge in [0.15, 0.2) is 15.5 Å². The molecule has 31 heavy (non-hydrogen) atoms. The van der Waals surface area contributed by atoms with Crippen LogP contribution in [-0.2, 0) is 20.3 Å². The molecular formula is C22H21N3O5S. The Labute approximate surface area is 179 Å². The van der Waals surface area contributed by atoms with Gasteiger partial charge in [-0.15, -0.1) is 0 Å². The lowest BCUT2D eigenvalue weighted by molar-refractivity contribution is 0.0298. The SMILES string of the molecule is COc1ccc(-n2nc(C(=O)N3CCOCC3)c3c2-c2ccccc2S(=O)(=O)C3)cc1. The van der Waals surface area contributed by atoms with E-state index in [-0.39, 0.29) is 22.2 Å². The molecule has 8 nitrogen and oxygen atoms in total. The number of ether oxygens (including phenoxy) is 2. The highest BCUT2D eigenvalue weighted by Crippen LogP contribution is 2.40. The Hall–Kier alpha value is -3.17. The predicted molar refractivity (Wildman–Crippen MR) is 113 cm³/mol. The van der Waals surface area contributed by atoms with Crippen molar-refractivity contribution in [3.8, 4) is 22.7 Å². The number of sulfone groups is 1. The number of methoxy groups -OCH3 is 1. The number of amides is 1. The summed E-state index contributed by atoms with van der Waals surface area (Å²) in [7, 11) is -2.00. The highest BCUT2D eigenvalue weighted by molar-refractivity contribution is 7.90. The molecule has 0 saturated carbocycles. The number of rotatable bonds is 3. The van der Waals surface area contributed by atoms with Gasteiger partial charge in [-0.1, -0.05) is 18.2 Å². The molecule has 2 aliphatic rings. The number of aromatic nitrogens is 2. The second-order valence-corrected chi connectivity index (χ2v) is 9.40. The van der Waals surface area contributed by atoms with Gasteiger partial charge in [0.1, 0.15) is 5.75 Å². The van der Waals surface area contributed by atoms with E-state index < -0.39 is 9.84 Å². The molecular weight excluding hydrogens is 418 g/mol. The van der Waals surface area contributed by atoms with Gasteiger partial charge in [0, 0.05) is 24.2 Å². The van der Waals surface area contributed by atoms with Crippen molar-refractivity contribution in [3.05, 3.63) is 59.8 Å². The molecule has 3 heterocycles. The second-order valence-electron chi connectivity index (χ2n) is 7.45. The minimum atomic E-state index is -3.59. The highest BCUT2D eigenvalue weighted by atomic mass is 32.2. The molecule has 0 spiro atoms. The quantitative estimate of drug-likeness (QED) is 0.622. The number of hydrogen-bond acceptors (Lipinski definition) is 6. The maximum absolute atomic E-state index is 13.3. The van der Waals surface area contributed by atoms with E-state index in [4.69, 9.17) is 9.47 Å². The number of fused-ring (bicyclic) bond motifs is 3. The van der Waals surface area contributed by atoms with E-state index in [2.05, 4.69) is 5.10 Å². The van der Waals surface area contributed by atoms with Crippen LogP contribution in [0.2, 0.25) is 0 Å². The number of nitrogens with zero attached hydrogens (tertiary/aromatic N) is 3. The molecule has 160 valence electrons. The molecule has 1 saturated heterocycles. The van der Waals surface area contributed by atoms with Crippen LogP contribution >= 0.6 is 0 Å². The lowest BCUT2D eigenvalue weighted by Crippen LogP contribution is -2.41. The van der Waals surface area contributed by atoms with Crippen LogP contribution in [0, 0.1) is 0 Å². The summed E-state index contributed by atoms with van der Waals surface area (Å²) in [6.45, 7) is 1.81. The van der Waals surface area contributed by atoms with E-state index in [1.165, 1.54) is 0 Å². The summed E-state index contributed by atoms with van der Waals surface area (Å²) in [5.74, 6) is 0.153. The minimum absolute atomic E-state index is 0.172. The zero-order chi connectivity index (χ0) is 21.6. The third-order valence-electron chi connectivity index (χ3n) is 5.61. The fraction of sp³-hybridized carbons (Fsp3) is 0.273. The van der Waals surface area contributed by atoms with Crippen molar-refractivity contribution >= 4 is 15.7 Å². The minimum Gasteiger partial charge on any atom is -0.497 e. The zero-order valence-corrected chi connectivity index (χ0v) is 17.8. The first-order chi connectivity index (χ1) is 15.0. The topological polar surface area (TPSA) is 90.7 Å². The van der Waals surface area contributed by atoms with Crippen LogP contribution < -0.4 is 4.74 Å². The van der Waals surface area contributed by atoms with Gasteiger partial charge in [-0.3, -0.25) is 4.79 Å². The first kappa shape index (κ1) is 19.8. The maximum atomic E-state index is 13.3. The second kappa shape index (κ2) is 7.51. The number of carbonyl (C=O) groups excluding carboxylic acids is 1. The molecule has 2 aliphatic heterocycles. The van der Waals surface area contributed by atoms with Crippen molar-refractivity contribution in [3.63, 3.8) is 0 Å². The van der Waals surface area contributed by atoms with Crippen LogP contribution in [0.5, 0.6) is 5.75 Å². The molecule has 5 rings (SSSR count). The van der Waals surface area contributed by atoms with Crippen LogP contribution in [-0.4, -0.2) is 62.4 Å². The van der Waals surface area contributed by atoms with E-state index >= 15 is 0 Å². The van der Waals surface area contributed by atoms with Gasteiger partial charge in [-0.05, 0) is 30.3 Å². The Morgan fingerprint density at radius 3 is 2.48 bits per heavy atom. The van der Waals surface area contributed by atoms with Gasteiger partial charge in [0.2, 0.25) is 0 Å². The van der Waals surface area contributed by atoms with E-state index in [1.54, 1.807) is 53.1 Å². The van der Waals surface area contributed by atoms with Gasteiger partial charge in [-0.25, -0.2) is 13.1 Å². The number of carbonyl (C=O) groups is 1. The predicted octanol–water partition coefficient (Wildman–Crippen LogP) is 2.31. The summed E-state index contributed by atoms with van der Waals surface area (Å²) in [6, 6.07) is 14.1. The zero-order valence-electron chi connectivity index (χ0n) is 16.9. The molecule has 0 unspecified atom stereocenters. The Balaban J connectivity index is 1.73. The summed E-state index contributed by atoms with van der Waals surface area (Å²) >= 11 is 0. The third-order valence-corrected chi connectivity index (χ3v) is 7.31. The Kier molecular flexibility index (Phi) is 4.79. The number of hydrogen-bond donors (Lipinski definition) is 0. The molecule has 1 fully saturated rings. The number of morpholine rings is 1. The van der Waals surface area contributed by atoms with Crippen LogP contribution in [0.3, 0.4) is 0 Å². The fourth-order valence-corrected chi connectivity index (χ4v) is 5.66. The van der Waals surface area contributed by atoms with Gasteiger partial charge >= 0.3 is 0 Å². The average molecular weight is 439 g/mol. The van der Waals surface area contributed by atoms with E-state index in [0.717, 1.165) is 0 Å². The Morgan fingerprint density at radius 1 is 1.06 bits per heavy atom. The molecule has 9 heteroatoms. The monoisotopic (exact) mass is 439 g/mol. The van der Waals surface area contributed by atoms with Crippen molar-refractivity contribution in [2.75, 3.05) is 33.4 Å². The molecule has 1 aromatic heterocycles. The van der Waals surface area contributed by atoms with Crippen LogP contribution in [0.15, 0.2) is 53.4 Å². The van der Waals surface area contributed by atoms with E-state index in [1.807, 2.05) is 12.1 Å². The van der Waals surface area contributed by atoms with Gasteiger partial charge in [0.05, 0.1) is 42.4 Å². The lowest BCUT2D eigenvalue weighted by Gasteiger charge is -2.26. The molecule has 3 aromatic rings. The number of benzene rings is 2. The Morgan fingerprint density at radius 2 is 1.77 bits per heavy atom. The summed E-state index contributed by atoms with van der Waals surface area (Å²) in [6.07, 6.45) is 0. The molecule has 0 bridgehead atoms. The standard InChI is InChI=1S/C22H21N3O5S/c1-29-16-8-6-15(7-9-16)25-21-17-4-2-3-5-19(17)31(27,28)14-18(21)20(23-25)22(26)24-10-12-30-13-11-24/h2-9H,10-14H2,1H3. The molecule has 1 amide bonds. The Bertz CT molecular complexity index is 1260. The molecule has 2 aromatic carbocycles. The van der Waals surface area contributed by atoms with Crippen molar-refractivity contribution in [2.24, 2.45) is 0 Å². The van der Waals surface area contributed by atoms with E-state index in [0.29, 0.717) is 54.6 Å². The van der Waals surface area contributed by atoms with Crippen molar-refractivity contribution in [1.29, 1.82) is 0 Å². The van der Waals surface area contributed by atoms with Crippen LogP contribution in [0.25, 0.3) is 16.9 Å². The van der Waals surface area contributed by atoms with Gasteiger partial charge < -0.3 is 14.4 Å². The summed E-state index contributed by atoms with van der Waals surface area (Å²) < 4.78 is 38.3. The molecule has 0 atom stereocenters. The smallest absolute Gasteiger partial charge is 0.274 e. The van der Waals surface area contributed by atoms with Gasteiger partial charge in [0.25, 0.3) is 5.91 Å².